The Balaban J connectivity index is 0.000000196. The third-order valence-corrected chi connectivity index (χ3v) is 9.48. The molecule has 158 valence electrons. The Morgan fingerprint density at radius 1 is 0.419 bits per heavy atom. The lowest BCUT2D eigenvalue weighted by atomic mass is 10.3. The van der Waals surface area contributed by atoms with Gasteiger partial charge in [0.05, 0.1) is 10.7 Å². The van der Waals surface area contributed by atoms with E-state index in [4.69, 9.17) is 0 Å². The predicted octanol–water partition coefficient (Wildman–Crippen LogP) is 7.36. The van der Waals surface area contributed by atoms with Crippen LogP contribution >= 0.6 is 75.7 Å². The summed E-state index contributed by atoms with van der Waals surface area (Å²) in [5.41, 5.74) is 0. The molecule has 0 atom stereocenters. The molecular formula is C24H15F3I3P. The van der Waals surface area contributed by atoms with Crippen LogP contribution in [0.3, 0.4) is 0 Å². The average molecular weight is 772 g/mol. The molecule has 0 aliphatic rings. The summed E-state index contributed by atoms with van der Waals surface area (Å²) in [6, 6.07) is 32.3. The molecule has 0 heterocycles. The zero-order chi connectivity index (χ0) is 22.4. The van der Waals surface area contributed by atoms with E-state index in [0.717, 1.165) is 0 Å². The zero-order valence-corrected chi connectivity index (χ0v) is 23.2. The van der Waals surface area contributed by atoms with Crippen LogP contribution in [0.4, 0.5) is 13.2 Å². The number of rotatable bonds is 3. The van der Waals surface area contributed by atoms with E-state index < -0.39 is 25.4 Å². The summed E-state index contributed by atoms with van der Waals surface area (Å²) >= 11 is 4.53. The summed E-state index contributed by atoms with van der Waals surface area (Å²) in [6.07, 6.45) is 0. The van der Waals surface area contributed by atoms with Gasteiger partial charge < -0.3 is 0 Å². The van der Waals surface area contributed by atoms with E-state index in [0.29, 0.717) is 0 Å². The molecule has 31 heavy (non-hydrogen) atoms. The lowest BCUT2D eigenvalue weighted by Crippen LogP contribution is -2.20. The summed E-state index contributed by atoms with van der Waals surface area (Å²) in [5, 5.41) is 4.19. The first-order valence-corrected chi connectivity index (χ1v) is 13.6. The lowest BCUT2D eigenvalue weighted by Gasteiger charge is -2.18. The van der Waals surface area contributed by atoms with Crippen LogP contribution in [0.1, 0.15) is 0 Å². The fourth-order valence-corrected chi connectivity index (χ4v) is 8.23. The topological polar surface area (TPSA) is 0 Å². The monoisotopic (exact) mass is 772 g/mol. The Kier molecular flexibility index (Phi) is 9.61. The number of hydrogen-bond donors (Lipinski definition) is 0. The number of benzene rings is 4. The van der Waals surface area contributed by atoms with Gasteiger partial charge in [0.15, 0.2) is 17.5 Å². The van der Waals surface area contributed by atoms with Gasteiger partial charge in [-0.05, 0) is 91.6 Å². The van der Waals surface area contributed by atoms with Crippen LogP contribution in [0.2, 0.25) is 0 Å². The molecule has 4 aromatic carbocycles. The molecule has 0 bridgehead atoms. The van der Waals surface area contributed by atoms with Crippen molar-refractivity contribution in [2.75, 3.05) is 0 Å². The van der Waals surface area contributed by atoms with Gasteiger partial charge in [-0.15, -0.1) is 0 Å². The second kappa shape index (κ2) is 12.0. The fraction of sp³-hybridized carbons (Fsp3) is 0. The van der Waals surface area contributed by atoms with E-state index in [1.165, 1.54) is 83.7 Å². The summed E-state index contributed by atoms with van der Waals surface area (Å²) in [4.78, 5) is 0. The van der Waals surface area contributed by atoms with Crippen LogP contribution in [0, 0.1) is 28.2 Å². The molecule has 0 spiro atoms. The fourth-order valence-electron chi connectivity index (χ4n) is 2.76. The predicted molar refractivity (Wildman–Crippen MR) is 150 cm³/mol. The largest absolute Gasteiger partial charge is 0.204 e. The quantitative estimate of drug-likeness (QED) is 0.0885. The van der Waals surface area contributed by atoms with Crippen LogP contribution in [0.5, 0.6) is 0 Å². The molecule has 7 heteroatoms. The highest BCUT2D eigenvalue weighted by atomic mass is 127. The molecule has 0 nitrogen and oxygen atoms in total. The second-order valence-corrected chi connectivity index (χ2v) is 11.7. The van der Waals surface area contributed by atoms with Gasteiger partial charge in [-0.25, -0.2) is 13.2 Å². The first kappa shape index (κ1) is 24.9. The van der Waals surface area contributed by atoms with Crippen LogP contribution in [-0.4, -0.2) is 0 Å². The van der Waals surface area contributed by atoms with Crippen LogP contribution in [-0.2, 0) is 0 Å². The molecule has 4 rings (SSSR count). The van der Waals surface area contributed by atoms with Gasteiger partial charge in [0.1, 0.15) is 0 Å². The summed E-state index contributed by atoms with van der Waals surface area (Å²) in [5.74, 6) is -2.48. The smallest absolute Gasteiger partial charge is 0.155 e. The van der Waals surface area contributed by atoms with Crippen molar-refractivity contribution in [3.8, 4) is 0 Å². The van der Waals surface area contributed by atoms with Gasteiger partial charge in [-0.1, -0.05) is 91.0 Å². The maximum absolute atomic E-state index is 12.9. The van der Waals surface area contributed by atoms with E-state index in [9.17, 15) is 13.2 Å². The molecule has 0 aliphatic heterocycles. The molecule has 0 aliphatic carbocycles. The van der Waals surface area contributed by atoms with Crippen molar-refractivity contribution in [1.82, 2.24) is 0 Å². The van der Waals surface area contributed by atoms with E-state index in [2.05, 4.69) is 91.0 Å². The molecule has 0 saturated carbocycles. The van der Waals surface area contributed by atoms with Gasteiger partial charge in [0.2, 0.25) is 0 Å². The van der Waals surface area contributed by atoms with Crippen molar-refractivity contribution >= 4 is 91.6 Å². The molecule has 0 aromatic heterocycles. The van der Waals surface area contributed by atoms with E-state index >= 15 is 0 Å². The minimum absolute atomic E-state index is 0.164. The molecule has 4 aromatic rings. The highest BCUT2D eigenvalue weighted by Gasteiger charge is 2.20. The van der Waals surface area contributed by atoms with Crippen molar-refractivity contribution in [3.63, 3.8) is 0 Å². The standard InChI is InChI=1S/C18H15P.C6F3I3/c1-4-10-16(11-5-1)19(17-12-6-2-7-13-17)18-14-8-3-9-15-18;7-1-4(10)2(8)6(12)3(9)5(1)11/h1-15H;. The second-order valence-electron chi connectivity index (χ2n) is 6.23. The Morgan fingerprint density at radius 2 is 0.645 bits per heavy atom. The summed E-state index contributed by atoms with van der Waals surface area (Å²) in [7, 11) is -0.446. The maximum atomic E-state index is 12.9. The van der Waals surface area contributed by atoms with Gasteiger partial charge in [-0.3, -0.25) is 0 Å². The third kappa shape index (κ3) is 6.21. The summed E-state index contributed by atoms with van der Waals surface area (Å²) in [6.45, 7) is 0. The van der Waals surface area contributed by atoms with Crippen molar-refractivity contribution < 1.29 is 13.2 Å². The highest BCUT2D eigenvalue weighted by molar-refractivity contribution is 14.1. The summed E-state index contributed by atoms with van der Waals surface area (Å²) < 4.78 is 38.3. The maximum Gasteiger partial charge on any atom is 0.155 e. The normalized spacial score (nSPS) is 10.5. The lowest BCUT2D eigenvalue weighted by molar-refractivity contribution is 0.515. The Bertz CT molecular complexity index is 942. The molecule has 0 radical (unpaired) electrons. The van der Waals surface area contributed by atoms with Gasteiger partial charge in [0, 0.05) is 0 Å². The van der Waals surface area contributed by atoms with Crippen molar-refractivity contribution in [2.45, 2.75) is 0 Å². The highest BCUT2D eigenvalue weighted by Crippen LogP contribution is 2.32. The molecule has 0 fully saturated rings. The Labute approximate surface area is 221 Å². The average Bonchev–Trinajstić information content (AvgIpc) is 2.83. The third-order valence-electron chi connectivity index (χ3n) is 4.20. The van der Waals surface area contributed by atoms with Crippen LogP contribution in [0.15, 0.2) is 91.0 Å². The van der Waals surface area contributed by atoms with Crippen LogP contribution < -0.4 is 15.9 Å². The van der Waals surface area contributed by atoms with Crippen molar-refractivity contribution in [2.24, 2.45) is 0 Å². The number of halogens is 6. The first-order valence-electron chi connectivity index (χ1n) is 9.04. The zero-order valence-electron chi connectivity index (χ0n) is 15.9. The van der Waals surface area contributed by atoms with E-state index in [-0.39, 0.29) is 10.7 Å². The SMILES string of the molecule is Fc1c(I)c(F)c(I)c(F)c1I.c1ccc(P(c2ccccc2)c2ccccc2)cc1. The molecule has 0 amide bonds. The van der Waals surface area contributed by atoms with Crippen molar-refractivity contribution in [1.29, 1.82) is 0 Å². The van der Waals surface area contributed by atoms with E-state index in [1.54, 1.807) is 0 Å². The Hall–Kier alpha value is -0.710. The molecule has 0 N–H and O–H groups in total. The first-order chi connectivity index (χ1) is 14.9. The van der Waals surface area contributed by atoms with Gasteiger partial charge in [0.25, 0.3) is 0 Å². The Morgan fingerprint density at radius 3 is 0.871 bits per heavy atom. The minimum atomic E-state index is -0.827. The van der Waals surface area contributed by atoms with Gasteiger partial charge >= 0.3 is 0 Å². The molecule has 0 saturated heterocycles. The number of hydrogen-bond acceptors (Lipinski definition) is 0. The van der Waals surface area contributed by atoms with Crippen LogP contribution in [0.25, 0.3) is 0 Å². The van der Waals surface area contributed by atoms with Crippen molar-refractivity contribution in [3.05, 3.63) is 119 Å². The van der Waals surface area contributed by atoms with E-state index in [1.807, 2.05) is 0 Å². The molecule has 0 unspecified atom stereocenters. The van der Waals surface area contributed by atoms with Gasteiger partial charge in [-0.2, -0.15) is 0 Å². The minimum Gasteiger partial charge on any atom is -0.204 e. The molecular weight excluding hydrogens is 757 g/mol.